The molecule has 1 heterocycles. The predicted octanol–water partition coefficient (Wildman–Crippen LogP) is 6.18. The summed E-state index contributed by atoms with van der Waals surface area (Å²) in [5, 5.41) is 6.53. The summed E-state index contributed by atoms with van der Waals surface area (Å²) in [5.41, 5.74) is 3.20. The van der Waals surface area contributed by atoms with Crippen LogP contribution in [-0.4, -0.2) is 17.9 Å². The average molecular weight is 463 g/mol. The Morgan fingerprint density at radius 1 is 1.09 bits per heavy atom. The minimum Gasteiger partial charge on any atom is -0.350 e. The lowest BCUT2D eigenvalue weighted by atomic mass is 10.1. The monoisotopic (exact) mass is 462 g/mol. The van der Waals surface area contributed by atoms with E-state index in [0.717, 1.165) is 23.3 Å². The van der Waals surface area contributed by atoms with Gasteiger partial charge in [0, 0.05) is 21.5 Å². The molecule has 0 saturated heterocycles. The van der Waals surface area contributed by atoms with Crippen LogP contribution in [0.15, 0.2) is 82.6 Å². The van der Waals surface area contributed by atoms with Crippen molar-refractivity contribution in [3.05, 3.63) is 99.4 Å². The van der Waals surface area contributed by atoms with E-state index >= 15 is 0 Å². The molecule has 2 amide bonds. The van der Waals surface area contributed by atoms with Crippen LogP contribution in [0.2, 0.25) is 5.02 Å². The lowest BCUT2D eigenvalue weighted by Gasteiger charge is -2.20. The molecule has 0 fully saturated rings. The molecule has 2 N–H and O–H groups in total. The maximum atomic E-state index is 12.7. The average Bonchev–Trinajstić information content (AvgIpc) is 2.80. The van der Waals surface area contributed by atoms with E-state index in [1.54, 1.807) is 24.3 Å². The zero-order valence-electron chi connectivity index (χ0n) is 17.6. The van der Waals surface area contributed by atoms with Crippen LogP contribution < -0.4 is 10.6 Å². The summed E-state index contributed by atoms with van der Waals surface area (Å²) < 4.78 is 0. The van der Waals surface area contributed by atoms with Gasteiger partial charge in [0.2, 0.25) is 0 Å². The molecule has 0 saturated carbocycles. The van der Waals surface area contributed by atoms with Crippen molar-refractivity contribution in [1.82, 2.24) is 5.32 Å². The van der Waals surface area contributed by atoms with Crippen molar-refractivity contribution in [2.45, 2.75) is 30.7 Å². The van der Waals surface area contributed by atoms with E-state index in [9.17, 15) is 9.59 Å². The summed E-state index contributed by atoms with van der Waals surface area (Å²) in [7, 11) is 0. The number of carbonyl (C=O) groups excluding carboxylic acids is 2. The van der Waals surface area contributed by atoms with Gasteiger partial charge in [-0.2, -0.15) is 0 Å². The quantitative estimate of drug-likeness (QED) is 0.430. The van der Waals surface area contributed by atoms with E-state index in [1.165, 1.54) is 17.3 Å². The Balaban J connectivity index is 1.42. The van der Waals surface area contributed by atoms with Gasteiger partial charge in [-0.25, -0.2) is 0 Å². The number of fused-ring (bicyclic) bond motifs is 1. The molecule has 0 radical (unpaired) electrons. The van der Waals surface area contributed by atoms with Gasteiger partial charge in [0.05, 0.1) is 10.6 Å². The number of nitrogens with one attached hydrogen (secondary N) is 2. The van der Waals surface area contributed by atoms with Crippen LogP contribution in [0.5, 0.6) is 0 Å². The molecule has 1 aliphatic rings. The predicted molar refractivity (Wildman–Crippen MR) is 132 cm³/mol. The van der Waals surface area contributed by atoms with Crippen LogP contribution in [0.4, 0.5) is 5.69 Å². The number of hydrogen-bond acceptors (Lipinski definition) is 3. The largest absolute Gasteiger partial charge is 0.350 e. The molecule has 1 aliphatic heterocycles. The molecule has 1 atom stereocenters. The molecule has 0 spiro atoms. The van der Waals surface area contributed by atoms with Gasteiger partial charge in [-0.15, -0.1) is 0 Å². The maximum absolute atomic E-state index is 12.7. The Morgan fingerprint density at radius 3 is 2.62 bits per heavy atom. The van der Waals surface area contributed by atoms with Crippen LogP contribution in [-0.2, 0) is 11.2 Å². The van der Waals surface area contributed by atoms with E-state index in [-0.39, 0.29) is 17.9 Å². The second kappa shape index (κ2) is 10.1. The van der Waals surface area contributed by atoms with E-state index in [0.29, 0.717) is 21.2 Å². The van der Waals surface area contributed by atoms with Gasteiger partial charge in [-0.1, -0.05) is 71.9 Å². The standard InChI is InChI=1S/C26H23ClN2O2S/c1-17(11-12-18-7-3-2-4-8-18)28-25(30)20-13-14-23-22(15-20)29-26(31)24(32-23)16-19-9-5-6-10-21(19)27/h2-10,13-17H,11-12H2,1H3,(H,28,30)(H,29,31). The van der Waals surface area contributed by atoms with Crippen LogP contribution >= 0.6 is 23.4 Å². The first-order valence-corrected chi connectivity index (χ1v) is 11.6. The van der Waals surface area contributed by atoms with E-state index < -0.39 is 0 Å². The van der Waals surface area contributed by atoms with Crippen molar-refractivity contribution in [2.24, 2.45) is 0 Å². The number of benzene rings is 3. The third-order valence-electron chi connectivity index (χ3n) is 5.21. The Morgan fingerprint density at radius 2 is 1.84 bits per heavy atom. The zero-order chi connectivity index (χ0) is 22.5. The zero-order valence-corrected chi connectivity index (χ0v) is 19.2. The molecule has 3 aromatic rings. The minimum atomic E-state index is -0.212. The third-order valence-corrected chi connectivity index (χ3v) is 6.66. The summed E-state index contributed by atoms with van der Waals surface area (Å²) in [6.45, 7) is 2.00. The molecule has 4 rings (SSSR count). The highest BCUT2D eigenvalue weighted by atomic mass is 35.5. The van der Waals surface area contributed by atoms with Crippen LogP contribution in [0.3, 0.4) is 0 Å². The molecule has 32 heavy (non-hydrogen) atoms. The van der Waals surface area contributed by atoms with Crippen molar-refractivity contribution < 1.29 is 9.59 Å². The summed E-state index contributed by atoms with van der Waals surface area (Å²) in [4.78, 5) is 26.8. The number of hydrogen-bond donors (Lipinski definition) is 2. The number of amides is 2. The highest BCUT2D eigenvalue weighted by molar-refractivity contribution is 8.04. The van der Waals surface area contributed by atoms with Crippen molar-refractivity contribution in [1.29, 1.82) is 0 Å². The van der Waals surface area contributed by atoms with Crippen LogP contribution in [0.25, 0.3) is 6.08 Å². The fourth-order valence-corrected chi connectivity index (χ4v) is 4.56. The smallest absolute Gasteiger partial charge is 0.262 e. The first kappa shape index (κ1) is 22.2. The SMILES string of the molecule is CC(CCc1ccccc1)NC(=O)c1ccc2c(c1)NC(=O)C(=Cc1ccccc1Cl)S2. The Kier molecular flexibility index (Phi) is 6.98. The van der Waals surface area contributed by atoms with E-state index in [4.69, 9.17) is 11.6 Å². The lowest BCUT2D eigenvalue weighted by molar-refractivity contribution is -0.112. The van der Waals surface area contributed by atoms with E-state index in [1.807, 2.05) is 49.4 Å². The van der Waals surface area contributed by atoms with E-state index in [2.05, 4.69) is 22.8 Å². The highest BCUT2D eigenvalue weighted by Crippen LogP contribution is 2.39. The molecule has 3 aromatic carbocycles. The van der Waals surface area contributed by atoms with Gasteiger partial charge in [0.15, 0.2) is 0 Å². The van der Waals surface area contributed by atoms with Crippen molar-refractivity contribution >= 4 is 46.9 Å². The second-order valence-corrected chi connectivity index (χ2v) is 9.19. The Hall–Kier alpha value is -3.02. The number of rotatable bonds is 6. The molecule has 4 nitrogen and oxygen atoms in total. The molecular formula is C26H23ClN2O2S. The molecule has 0 aromatic heterocycles. The fraction of sp³-hybridized carbons (Fsp3) is 0.154. The summed E-state index contributed by atoms with van der Waals surface area (Å²) in [6, 6.07) is 23.0. The molecule has 6 heteroatoms. The number of carbonyl (C=O) groups is 2. The Labute approximate surface area is 197 Å². The first-order chi connectivity index (χ1) is 15.5. The van der Waals surface area contributed by atoms with Gasteiger partial charge >= 0.3 is 0 Å². The summed E-state index contributed by atoms with van der Waals surface area (Å²) in [6.07, 6.45) is 3.53. The lowest BCUT2D eigenvalue weighted by Crippen LogP contribution is -2.33. The van der Waals surface area contributed by atoms with Gasteiger partial charge in [-0.05, 0) is 61.2 Å². The topological polar surface area (TPSA) is 58.2 Å². The second-order valence-electron chi connectivity index (χ2n) is 7.70. The molecule has 0 bridgehead atoms. The molecule has 162 valence electrons. The number of thioether (sulfide) groups is 1. The number of anilines is 1. The normalized spacial score (nSPS) is 15.1. The minimum absolute atomic E-state index is 0.0351. The molecular weight excluding hydrogens is 440 g/mol. The van der Waals surface area contributed by atoms with Crippen LogP contribution in [0, 0.1) is 0 Å². The van der Waals surface area contributed by atoms with Gasteiger partial charge < -0.3 is 10.6 Å². The Bertz CT molecular complexity index is 1180. The highest BCUT2D eigenvalue weighted by Gasteiger charge is 2.23. The summed E-state index contributed by atoms with van der Waals surface area (Å²) in [5.74, 6) is -0.360. The van der Waals surface area contributed by atoms with Crippen molar-refractivity contribution in [3.63, 3.8) is 0 Å². The molecule has 0 aliphatic carbocycles. The van der Waals surface area contributed by atoms with Crippen molar-refractivity contribution in [3.8, 4) is 0 Å². The van der Waals surface area contributed by atoms with Gasteiger partial charge in [0.1, 0.15) is 0 Å². The van der Waals surface area contributed by atoms with Crippen LogP contribution in [0.1, 0.15) is 34.8 Å². The number of halogens is 1. The molecule has 1 unspecified atom stereocenters. The van der Waals surface area contributed by atoms with Crippen molar-refractivity contribution in [2.75, 3.05) is 5.32 Å². The maximum Gasteiger partial charge on any atom is 0.262 e. The fourth-order valence-electron chi connectivity index (χ4n) is 3.44. The first-order valence-electron chi connectivity index (χ1n) is 10.4. The third kappa shape index (κ3) is 5.42. The van der Waals surface area contributed by atoms with Gasteiger partial charge in [0.25, 0.3) is 11.8 Å². The number of aryl methyl sites for hydroxylation is 1. The summed E-state index contributed by atoms with van der Waals surface area (Å²) >= 11 is 7.58. The van der Waals surface area contributed by atoms with Gasteiger partial charge in [-0.3, -0.25) is 9.59 Å².